The second-order valence-electron chi connectivity index (χ2n) is 4.82. The van der Waals surface area contributed by atoms with Gasteiger partial charge < -0.3 is 20.6 Å². The molecule has 0 saturated carbocycles. The van der Waals surface area contributed by atoms with E-state index in [-0.39, 0.29) is 24.9 Å². The Balaban J connectivity index is 2.59. The van der Waals surface area contributed by atoms with Gasteiger partial charge in [0.25, 0.3) is 0 Å². The van der Waals surface area contributed by atoms with Crippen molar-refractivity contribution in [2.75, 3.05) is 26.2 Å². The number of primary amides is 1. The Labute approximate surface area is 112 Å². The van der Waals surface area contributed by atoms with Gasteiger partial charge in [-0.2, -0.15) is 0 Å². The smallest absolute Gasteiger partial charge is 0.320 e. The van der Waals surface area contributed by atoms with Crippen LogP contribution >= 0.6 is 0 Å². The summed E-state index contributed by atoms with van der Waals surface area (Å²) in [6, 6.07) is -0.239. The number of rotatable bonds is 5. The highest BCUT2D eigenvalue weighted by molar-refractivity contribution is 5.83. The summed E-state index contributed by atoms with van der Waals surface area (Å²) in [4.78, 5) is 36.8. The molecule has 1 rings (SSSR count). The molecule has 7 nitrogen and oxygen atoms in total. The molecule has 3 amide bonds. The van der Waals surface area contributed by atoms with E-state index in [9.17, 15) is 14.4 Å². The summed E-state index contributed by atoms with van der Waals surface area (Å²) < 4.78 is 0. The first-order chi connectivity index (χ1) is 8.93. The maximum absolute atomic E-state index is 12.2. The van der Waals surface area contributed by atoms with Crippen LogP contribution in [0.5, 0.6) is 0 Å². The summed E-state index contributed by atoms with van der Waals surface area (Å²) in [5.41, 5.74) is 5.10. The lowest BCUT2D eigenvalue weighted by atomic mass is 9.95. The topological polar surface area (TPSA) is 104 Å². The van der Waals surface area contributed by atoms with Crippen LogP contribution in [0.2, 0.25) is 0 Å². The van der Waals surface area contributed by atoms with E-state index in [0.29, 0.717) is 19.6 Å². The lowest BCUT2D eigenvalue weighted by molar-refractivity contribution is -0.138. The standard InChI is InChI=1S/C12H21N3O4/c1-2-14(8-10(13)16)12(19)15-5-3-4-9(7-15)6-11(17)18/h9H,2-8H2,1H3,(H2,13,16)(H,17,18). The molecule has 7 heteroatoms. The van der Waals surface area contributed by atoms with E-state index in [4.69, 9.17) is 10.8 Å². The van der Waals surface area contributed by atoms with E-state index < -0.39 is 11.9 Å². The molecule has 0 spiro atoms. The number of carboxylic acid groups (broad SMARTS) is 1. The van der Waals surface area contributed by atoms with E-state index >= 15 is 0 Å². The van der Waals surface area contributed by atoms with Crippen LogP contribution in [0.1, 0.15) is 26.2 Å². The van der Waals surface area contributed by atoms with Gasteiger partial charge in [-0.05, 0) is 25.7 Å². The van der Waals surface area contributed by atoms with Gasteiger partial charge in [0.05, 0.1) is 0 Å². The Morgan fingerprint density at radius 2 is 2.11 bits per heavy atom. The molecule has 3 N–H and O–H groups in total. The van der Waals surface area contributed by atoms with Gasteiger partial charge in [-0.1, -0.05) is 0 Å². The van der Waals surface area contributed by atoms with Crippen LogP contribution in [0.15, 0.2) is 0 Å². The summed E-state index contributed by atoms with van der Waals surface area (Å²) >= 11 is 0. The van der Waals surface area contributed by atoms with Crippen LogP contribution < -0.4 is 5.73 Å². The average Bonchev–Trinajstić information content (AvgIpc) is 2.34. The normalized spacial score (nSPS) is 19.0. The van der Waals surface area contributed by atoms with Crippen molar-refractivity contribution < 1.29 is 19.5 Å². The van der Waals surface area contributed by atoms with Gasteiger partial charge in [-0.15, -0.1) is 0 Å². The largest absolute Gasteiger partial charge is 0.481 e. The number of carboxylic acids is 1. The molecule has 1 fully saturated rings. The molecular formula is C12H21N3O4. The maximum Gasteiger partial charge on any atom is 0.320 e. The first-order valence-corrected chi connectivity index (χ1v) is 6.48. The minimum absolute atomic E-state index is 0.0116. The van der Waals surface area contributed by atoms with Crippen LogP contribution in [-0.4, -0.2) is 59.0 Å². The summed E-state index contributed by atoms with van der Waals surface area (Å²) in [6.07, 6.45) is 1.68. The number of likely N-dealkylation sites (N-methyl/N-ethyl adjacent to an activating group) is 1. The van der Waals surface area contributed by atoms with Crippen LogP contribution in [0.25, 0.3) is 0 Å². The molecule has 0 bridgehead atoms. The minimum Gasteiger partial charge on any atom is -0.481 e. The molecule has 0 aromatic heterocycles. The fraction of sp³-hybridized carbons (Fsp3) is 0.750. The van der Waals surface area contributed by atoms with Crippen molar-refractivity contribution in [3.63, 3.8) is 0 Å². The van der Waals surface area contributed by atoms with Crippen LogP contribution in [0.4, 0.5) is 4.79 Å². The third-order valence-electron chi connectivity index (χ3n) is 3.25. The number of urea groups is 1. The molecular weight excluding hydrogens is 250 g/mol. The van der Waals surface area contributed by atoms with Gasteiger partial charge in [0.1, 0.15) is 6.54 Å². The number of piperidine rings is 1. The van der Waals surface area contributed by atoms with Crippen molar-refractivity contribution in [3.05, 3.63) is 0 Å². The molecule has 108 valence electrons. The number of hydrogen-bond donors (Lipinski definition) is 2. The maximum atomic E-state index is 12.2. The number of carbonyl (C=O) groups excluding carboxylic acids is 2. The predicted octanol–water partition coefficient (Wildman–Crippen LogP) is 0.100. The monoisotopic (exact) mass is 271 g/mol. The van der Waals surface area contributed by atoms with Crippen molar-refractivity contribution in [2.45, 2.75) is 26.2 Å². The second kappa shape index (κ2) is 6.96. The van der Waals surface area contributed by atoms with E-state index in [2.05, 4.69) is 0 Å². The van der Waals surface area contributed by atoms with Crippen molar-refractivity contribution in [1.82, 2.24) is 9.80 Å². The highest BCUT2D eigenvalue weighted by Gasteiger charge is 2.28. The number of carbonyl (C=O) groups is 3. The van der Waals surface area contributed by atoms with Gasteiger partial charge in [-0.3, -0.25) is 9.59 Å². The zero-order valence-electron chi connectivity index (χ0n) is 11.2. The molecule has 1 heterocycles. The number of amides is 3. The van der Waals surface area contributed by atoms with Gasteiger partial charge in [-0.25, -0.2) is 4.79 Å². The number of nitrogens with zero attached hydrogens (tertiary/aromatic N) is 2. The molecule has 1 saturated heterocycles. The zero-order valence-corrected chi connectivity index (χ0v) is 11.2. The Morgan fingerprint density at radius 3 is 2.63 bits per heavy atom. The van der Waals surface area contributed by atoms with Gasteiger partial charge >= 0.3 is 12.0 Å². The fourth-order valence-electron chi connectivity index (χ4n) is 2.36. The van der Waals surface area contributed by atoms with E-state index in [1.54, 1.807) is 11.8 Å². The summed E-state index contributed by atoms with van der Waals surface area (Å²) in [7, 11) is 0. The highest BCUT2D eigenvalue weighted by atomic mass is 16.4. The van der Waals surface area contributed by atoms with Crippen molar-refractivity contribution in [3.8, 4) is 0 Å². The highest BCUT2D eigenvalue weighted by Crippen LogP contribution is 2.20. The molecule has 1 unspecified atom stereocenters. The predicted molar refractivity (Wildman–Crippen MR) is 68.4 cm³/mol. The van der Waals surface area contributed by atoms with Gasteiger partial charge in [0.15, 0.2) is 0 Å². The van der Waals surface area contributed by atoms with E-state index in [0.717, 1.165) is 12.8 Å². The summed E-state index contributed by atoms with van der Waals surface area (Å²) in [5.74, 6) is -1.40. The molecule has 0 aromatic rings. The van der Waals surface area contributed by atoms with Crippen LogP contribution in [0, 0.1) is 5.92 Å². The number of aliphatic carboxylic acids is 1. The molecule has 1 aliphatic rings. The molecule has 1 atom stereocenters. The molecule has 0 radical (unpaired) electrons. The summed E-state index contributed by atoms with van der Waals surface area (Å²) in [5, 5.41) is 8.79. The van der Waals surface area contributed by atoms with Crippen molar-refractivity contribution >= 4 is 17.9 Å². The Kier molecular flexibility index (Phi) is 5.59. The number of hydrogen-bond acceptors (Lipinski definition) is 3. The van der Waals surface area contributed by atoms with Crippen LogP contribution in [0.3, 0.4) is 0 Å². The molecule has 0 aromatic carbocycles. The van der Waals surface area contributed by atoms with E-state index in [1.165, 1.54) is 4.90 Å². The number of nitrogens with two attached hydrogens (primary N) is 1. The van der Waals surface area contributed by atoms with E-state index in [1.807, 2.05) is 0 Å². The first kappa shape index (κ1) is 15.3. The lowest BCUT2D eigenvalue weighted by Gasteiger charge is -2.35. The Morgan fingerprint density at radius 1 is 1.42 bits per heavy atom. The zero-order chi connectivity index (χ0) is 14.4. The molecule has 1 aliphatic heterocycles. The first-order valence-electron chi connectivity index (χ1n) is 6.48. The SMILES string of the molecule is CCN(CC(N)=O)C(=O)N1CCCC(CC(=O)O)C1. The average molecular weight is 271 g/mol. The molecule has 19 heavy (non-hydrogen) atoms. The third-order valence-corrected chi connectivity index (χ3v) is 3.25. The van der Waals surface area contributed by atoms with Gasteiger partial charge in [0.2, 0.25) is 5.91 Å². The number of likely N-dealkylation sites (tertiary alicyclic amines) is 1. The Hall–Kier alpha value is -1.79. The van der Waals surface area contributed by atoms with Crippen molar-refractivity contribution in [1.29, 1.82) is 0 Å². The Bertz CT molecular complexity index is 359. The van der Waals surface area contributed by atoms with Gasteiger partial charge in [0, 0.05) is 26.1 Å². The second-order valence-corrected chi connectivity index (χ2v) is 4.82. The quantitative estimate of drug-likeness (QED) is 0.740. The minimum atomic E-state index is -0.844. The summed E-state index contributed by atoms with van der Waals surface area (Å²) in [6.45, 7) is 3.11. The molecule has 0 aliphatic carbocycles. The van der Waals surface area contributed by atoms with Crippen molar-refractivity contribution in [2.24, 2.45) is 11.7 Å². The third kappa shape index (κ3) is 4.76. The fourth-order valence-corrected chi connectivity index (χ4v) is 2.36. The lowest BCUT2D eigenvalue weighted by Crippen LogP contribution is -2.49. The van der Waals surface area contributed by atoms with Crippen LogP contribution in [-0.2, 0) is 9.59 Å².